The molecule has 0 aromatic heterocycles. The normalized spacial score (nSPS) is 13.1. The molecular weight excluding hydrogens is 214 g/mol. The van der Waals surface area contributed by atoms with E-state index in [1.807, 2.05) is 6.92 Å². The zero-order valence-corrected chi connectivity index (χ0v) is 8.95. The summed E-state index contributed by atoms with van der Waals surface area (Å²) >= 11 is 0. The minimum atomic E-state index is -5.48. The van der Waals surface area contributed by atoms with Crippen molar-refractivity contribution in [2.75, 3.05) is 0 Å². The van der Waals surface area contributed by atoms with Crippen molar-refractivity contribution >= 4 is 10.1 Å². The fourth-order valence-corrected chi connectivity index (χ4v) is 1.45. The molecule has 0 unspecified atom stereocenters. The van der Waals surface area contributed by atoms with Crippen molar-refractivity contribution < 1.29 is 21.8 Å². The van der Waals surface area contributed by atoms with E-state index in [1.165, 1.54) is 0 Å². The molecule has 0 rings (SSSR count). The number of rotatable bonds is 7. The Morgan fingerprint density at radius 1 is 1.14 bits per heavy atom. The summed E-state index contributed by atoms with van der Waals surface area (Å²) in [7, 11) is -5.48. The molecular formula is C8H15F2O3S-. The Hall–Kier alpha value is -0.230. The van der Waals surface area contributed by atoms with Crippen LogP contribution >= 0.6 is 0 Å². The van der Waals surface area contributed by atoms with Gasteiger partial charge in [-0.05, 0) is 6.42 Å². The van der Waals surface area contributed by atoms with E-state index in [0.717, 1.165) is 19.3 Å². The predicted octanol–water partition coefficient (Wildman–Crippen LogP) is 2.48. The van der Waals surface area contributed by atoms with Crippen LogP contribution in [0, 0.1) is 0 Å². The third kappa shape index (κ3) is 4.85. The van der Waals surface area contributed by atoms with Gasteiger partial charge in [0.05, 0.1) is 0 Å². The van der Waals surface area contributed by atoms with Crippen molar-refractivity contribution in [3.05, 3.63) is 0 Å². The van der Waals surface area contributed by atoms with E-state index in [2.05, 4.69) is 0 Å². The Labute approximate surface area is 83.3 Å². The Balaban J connectivity index is 3.79. The monoisotopic (exact) mass is 229 g/mol. The fourth-order valence-electron chi connectivity index (χ4n) is 1.06. The van der Waals surface area contributed by atoms with Crippen LogP contribution in [0.4, 0.5) is 8.78 Å². The van der Waals surface area contributed by atoms with Gasteiger partial charge in [0.25, 0.3) is 0 Å². The molecule has 86 valence electrons. The summed E-state index contributed by atoms with van der Waals surface area (Å²) in [5.41, 5.74) is 0. The quantitative estimate of drug-likeness (QED) is 0.497. The second-order valence-corrected chi connectivity index (χ2v) is 4.76. The highest BCUT2D eigenvalue weighted by atomic mass is 32.2. The van der Waals surface area contributed by atoms with Crippen LogP contribution in [0.25, 0.3) is 0 Å². The summed E-state index contributed by atoms with van der Waals surface area (Å²) in [4.78, 5) is 0. The molecule has 0 amide bonds. The maximum Gasteiger partial charge on any atom is 0.334 e. The van der Waals surface area contributed by atoms with Gasteiger partial charge >= 0.3 is 5.25 Å². The van der Waals surface area contributed by atoms with Crippen LogP contribution in [-0.2, 0) is 10.1 Å². The Kier molecular flexibility index (Phi) is 5.51. The second-order valence-electron chi connectivity index (χ2n) is 3.26. The Bertz CT molecular complexity index is 249. The molecule has 0 N–H and O–H groups in total. The first-order valence-electron chi connectivity index (χ1n) is 4.64. The first kappa shape index (κ1) is 13.8. The number of halogens is 2. The second kappa shape index (κ2) is 5.60. The van der Waals surface area contributed by atoms with Gasteiger partial charge in [0.15, 0.2) is 10.1 Å². The van der Waals surface area contributed by atoms with E-state index < -0.39 is 21.8 Å². The smallest absolute Gasteiger partial charge is 0.334 e. The fraction of sp³-hybridized carbons (Fsp3) is 1.00. The average molecular weight is 229 g/mol. The van der Waals surface area contributed by atoms with Crippen molar-refractivity contribution in [2.45, 2.75) is 50.7 Å². The maximum atomic E-state index is 12.5. The summed E-state index contributed by atoms with van der Waals surface area (Å²) in [6.07, 6.45) is 2.48. The minimum absolute atomic E-state index is 0.0778. The standard InChI is InChI=1S/C8H16F2O3S/c1-2-3-4-5-6-7-8(9,10)14(11,12)13/h2-7H2,1H3,(H,11,12,13)/p-1. The summed E-state index contributed by atoms with van der Waals surface area (Å²) < 4.78 is 55.3. The molecule has 0 heterocycles. The first-order chi connectivity index (χ1) is 6.31. The summed E-state index contributed by atoms with van der Waals surface area (Å²) in [6, 6.07) is 0. The van der Waals surface area contributed by atoms with E-state index >= 15 is 0 Å². The molecule has 0 aliphatic carbocycles. The molecule has 0 aliphatic rings. The molecule has 6 heteroatoms. The van der Waals surface area contributed by atoms with Crippen LogP contribution < -0.4 is 0 Å². The minimum Gasteiger partial charge on any atom is -0.743 e. The Morgan fingerprint density at radius 2 is 1.64 bits per heavy atom. The van der Waals surface area contributed by atoms with Crippen LogP contribution in [0.3, 0.4) is 0 Å². The molecule has 0 spiro atoms. The van der Waals surface area contributed by atoms with E-state index in [0.29, 0.717) is 6.42 Å². The van der Waals surface area contributed by atoms with Crippen LogP contribution in [0.15, 0.2) is 0 Å². The van der Waals surface area contributed by atoms with Gasteiger partial charge < -0.3 is 4.55 Å². The largest absolute Gasteiger partial charge is 0.743 e. The van der Waals surface area contributed by atoms with Crippen molar-refractivity contribution in [1.82, 2.24) is 0 Å². The van der Waals surface area contributed by atoms with Crippen molar-refractivity contribution in [3.63, 3.8) is 0 Å². The molecule has 0 saturated heterocycles. The third-order valence-electron chi connectivity index (χ3n) is 1.94. The highest BCUT2D eigenvalue weighted by Gasteiger charge is 2.36. The summed E-state index contributed by atoms with van der Waals surface area (Å²) in [6.45, 7) is 1.98. The molecule has 0 bridgehead atoms. The molecule has 0 atom stereocenters. The van der Waals surface area contributed by atoms with Gasteiger partial charge in [0.2, 0.25) is 0 Å². The molecule has 0 aromatic carbocycles. The van der Waals surface area contributed by atoms with Gasteiger partial charge in [-0.3, -0.25) is 0 Å². The maximum absolute atomic E-state index is 12.5. The SMILES string of the molecule is CCCCCCCC(F)(F)S(=O)(=O)[O-]. The molecule has 0 fully saturated rings. The Morgan fingerprint density at radius 3 is 2.07 bits per heavy atom. The van der Waals surface area contributed by atoms with Gasteiger partial charge in [0.1, 0.15) is 0 Å². The van der Waals surface area contributed by atoms with Gasteiger partial charge in [-0.15, -0.1) is 0 Å². The van der Waals surface area contributed by atoms with Gasteiger partial charge in [-0.2, -0.15) is 8.78 Å². The lowest BCUT2D eigenvalue weighted by atomic mass is 10.1. The molecule has 14 heavy (non-hydrogen) atoms. The molecule has 0 aromatic rings. The lowest BCUT2D eigenvalue weighted by molar-refractivity contribution is 0.0671. The number of unbranched alkanes of at least 4 members (excludes halogenated alkanes) is 4. The zero-order valence-electron chi connectivity index (χ0n) is 8.13. The lowest BCUT2D eigenvalue weighted by Gasteiger charge is -2.19. The van der Waals surface area contributed by atoms with E-state index in [9.17, 15) is 21.8 Å². The van der Waals surface area contributed by atoms with Crippen LogP contribution in [0.1, 0.15) is 45.4 Å². The molecule has 0 radical (unpaired) electrons. The lowest BCUT2D eigenvalue weighted by Crippen LogP contribution is -2.28. The van der Waals surface area contributed by atoms with Crippen molar-refractivity contribution in [2.24, 2.45) is 0 Å². The highest BCUT2D eigenvalue weighted by Crippen LogP contribution is 2.27. The number of hydrogen-bond acceptors (Lipinski definition) is 3. The van der Waals surface area contributed by atoms with Gasteiger partial charge in [-0.25, -0.2) is 8.42 Å². The zero-order chi connectivity index (χ0) is 11.2. The van der Waals surface area contributed by atoms with Crippen molar-refractivity contribution in [3.8, 4) is 0 Å². The van der Waals surface area contributed by atoms with Crippen LogP contribution in [-0.4, -0.2) is 18.2 Å². The van der Waals surface area contributed by atoms with Gasteiger partial charge in [0, 0.05) is 6.42 Å². The predicted molar refractivity (Wildman–Crippen MR) is 48.0 cm³/mol. The molecule has 3 nitrogen and oxygen atoms in total. The van der Waals surface area contributed by atoms with E-state index in [-0.39, 0.29) is 6.42 Å². The average Bonchev–Trinajstić information content (AvgIpc) is 2.02. The van der Waals surface area contributed by atoms with Crippen LogP contribution in [0.2, 0.25) is 0 Å². The molecule has 0 aliphatic heterocycles. The van der Waals surface area contributed by atoms with E-state index in [4.69, 9.17) is 0 Å². The van der Waals surface area contributed by atoms with Crippen LogP contribution in [0.5, 0.6) is 0 Å². The molecule has 0 saturated carbocycles. The number of alkyl halides is 2. The summed E-state index contributed by atoms with van der Waals surface area (Å²) in [5, 5.41) is -4.10. The topological polar surface area (TPSA) is 57.2 Å². The number of hydrogen-bond donors (Lipinski definition) is 0. The third-order valence-corrected chi connectivity index (χ3v) is 2.87. The first-order valence-corrected chi connectivity index (χ1v) is 6.05. The van der Waals surface area contributed by atoms with Crippen molar-refractivity contribution in [1.29, 1.82) is 0 Å². The summed E-state index contributed by atoms with van der Waals surface area (Å²) in [5.74, 6) is 0. The van der Waals surface area contributed by atoms with E-state index in [1.54, 1.807) is 0 Å². The highest BCUT2D eigenvalue weighted by molar-refractivity contribution is 7.86. The van der Waals surface area contributed by atoms with Gasteiger partial charge in [-0.1, -0.05) is 32.6 Å².